The van der Waals surface area contributed by atoms with Crippen molar-refractivity contribution in [2.24, 2.45) is 5.73 Å². The largest absolute Gasteiger partial charge is 0.374 e. The summed E-state index contributed by atoms with van der Waals surface area (Å²) in [5.74, 6) is -0.294. The van der Waals surface area contributed by atoms with Crippen molar-refractivity contribution in [2.45, 2.75) is 19.4 Å². The summed E-state index contributed by atoms with van der Waals surface area (Å²) >= 11 is 0. The van der Waals surface area contributed by atoms with E-state index in [0.717, 1.165) is 0 Å². The van der Waals surface area contributed by atoms with Crippen LogP contribution in [0.15, 0.2) is 0 Å². The summed E-state index contributed by atoms with van der Waals surface area (Å²) in [6.45, 7) is 3.15. The maximum Gasteiger partial charge on any atom is 0.219 e. The van der Waals surface area contributed by atoms with Gasteiger partial charge in [-0.3, -0.25) is 9.59 Å². The van der Waals surface area contributed by atoms with E-state index in [1.807, 2.05) is 0 Å². The molecule has 1 aliphatic rings. The highest BCUT2D eigenvalue weighted by atomic mass is 16.5. The lowest BCUT2D eigenvalue weighted by molar-refractivity contribution is -0.143. The number of ether oxygens (including phenoxy) is 1. The number of nitrogens with zero attached hydrogens (tertiary/aromatic N) is 1. The second-order valence-electron chi connectivity index (χ2n) is 3.13. The monoisotopic (exact) mass is 186 g/mol. The van der Waals surface area contributed by atoms with E-state index >= 15 is 0 Å². The third kappa shape index (κ3) is 3.02. The molecule has 0 aromatic rings. The van der Waals surface area contributed by atoms with E-state index in [-0.39, 0.29) is 24.3 Å². The average Bonchev–Trinajstić information content (AvgIpc) is 1.92. The standard InChI is InChI=1S/C8H14N2O3/c1-6(11)10-4-7(5-10)13-3-2-8(9)12/h7H,2-5H2,1H3,(H2,9,12). The third-order valence-electron chi connectivity index (χ3n) is 2.00. The van der Waals surface area contributed by atoms with Crippen LogP contribution in [0.5, 0.6) is 0 Å². The summed E-state index contributed by atoms with van der Waals surface area (Å²) in [4.78, 5) is 22.8. The first-order chi connectivity index (χ1) is 6.09. The number of likely N-dealkylation sites (tertiary alicyclic amines) is 1. The number of carbonyl (C=O) groups is 2. The van der Waals surface area contributed by atoms with E-state index in [2.05, 4.69) is 0 Å². The molecule has 5 nitrogen and oxygen atoms in total. The van der Waals surface area contributed by atoms with Gasteiger partial charge in [-0.25, -0.2) is 0 Å². The molecule has 1 fully saturated rings. The Morgan fingerprint density at radius 1 is 1.54 bits per heavy atom. The van der Waals surface area contributed by atoms with Crippen LogP contribution in [0.3, 0.4) is 0 Å². The Labute approximate surface area is 76.8 Å². The summed E-state index contributed by atoms with van der Waals surface area (Å²) in [6, 6.07) is 0. The van der Waals surface area contributed by atoms with Crippen molar-refractivity contribution in [3.63, 3.8) is 0 Å². The molecule has 0 bridgehead atoms. The number of nitrogens with two attached hydrogens (primary N) is 1. The van der Waals surface area contributed by atoms with E-state index in [1.165, 1.54) is 6.92 Å². The van der Waals surface area contributed by atoms with Crippen LogP contribution in [0.2, 0.25) is 0 Å². The number of hydrogen-bond donors (Lipinski definition) is 1. The highest BCUT2D eigenvalue weighted by molar-refractivity contribution is 5.74. The fourth-order valence-electron chi connectivity index (χ4n) is 1.13. The Morgan fingerprint density at radius 3 is 2.62 bits per heavy atom. The molecule has 1 rings (SSSR count). The van der Waals surface area contributed by atoms with Gasteiger partial charge in [0.25, 0.3) is 0 Å². The van der Waals surface area contributed by atoms with Gasteiger partial charge in [-0.1, -0.05) is 0 Å². The first-order valence-corrected chi connectivity index (χ1v) is 4.25. The average molecular weight is 186 g/mol. The van der Waals surface area contributed by atoms with Crippen LogP contribution in [0.1, 0.15) is 13.3 Å². The smallest absolute Gasteiger partial charge is 0.219 e. The molecule has 0 radical (unpaired) electrons. The summed E-state index contributed by atoms with van der Waals surface area (Å²) in [6.07, 6.45) is 0.333. The number of rotatable bonds is 4. The zero-order valence-corrected chi connectivity index (χ0v) is 7.66. The second-order valence-corrected chi connectivity index (χ2v) is 3.13. The van der Waals surface area contributed by atoms with Crippen LogP contribution in [0.25, 0.3) is 0 Å². The number of carbonyl (C=O) groups excluding carboxylic acids is 2. The zero-order chi connectivity index (χ0) is 9.84. The van der Waals surface area contributed by atoms with Crippen molar-refractivity contribution in [1.29, 1.82) is 0 Å². The quantitative estimate of drug-likeness (QED) is 0.619. The topological polar surface area (TPSA) is 72.6 Å². The maximum absolute atomic E-state index is 10.7. The van der Waals surface area contributed by atoms with E-state index < -0.39 is 0 Å². The van der Waals surface area contributed by atoms with Gasteiger partial charge in [-0.2, -0.15) is 0 Å². The lowest BCUT2D eigenvalue weighted by Crippen LogP contribution is -2.54. The number of amides is 2. The van der Waals surface area contributed by atoms with Gasteiger partial charge in [-0.15, -0.1) is 0 Å². The predicted molar refractivity (Wildman–Crippen MR) is 45.8 cm³/mol. The fourth-order valence-corrected chi connectivity index (χ4v) is 1.13. The SMILES string of the molecule is CC(=O)N1CC(OCCC(N)=O)C1. The molecular formula is C8H14N2O3. The van der Waals surface area contributed by atoms with Gasteiger partial charge >= 0.3 is 0 Å². The van der Waals surface area contributed by atoms with Crippen molar-refractivity contribution in [2.75, 3.05) is 19.7 Å². The lowest BCUT2D eigenvalue weighted by Gasteiger charge is -2.38. The molecule has 2 N–H and O–H groups in total. The summed E-state index contributed by atoms with van der Waals surface area (Å²) in [7, 11) is 0. The minimum atomic E-state index is -0.359. The lowest BCUT2D eigenvalue weighted by atomic mass is 10.1. The highest BCUT2D eigenvalue weighted by Gasteiger charge is 2.28. The molecule has 0 atom stereocenters. The molecule has 74 valence electrons. The molecular weight excluding hydrogens is 172 g/mol. The molecule has 13 heavy (non-hydrogen) atoms. The van der Waals surface area contributed by atoms with Crippen LogP contribution in [0, 0.1) is 0 Å². The van der Waals surface area contributed by atoms with Crippen LogP contribution in [-0.4, -0.2) is 42.5 Å². The number of primary amides is 1. The molecule has 0 aliphatic carbocycles. The Balaban J connectivity index is 2.02. The predicted octanol–water partition coefficient (Wildman–Crippen LogP) is -0.891. The first kappa shape index (κ1) is 9.98. The van der Waals surface area contributed by atoms with Crippen LogP contribution >= 0.6 is 0 Å². The van der Waals surface area contributed by atoms with E-state index in [0.29, 0.717) is 19.7 Å². The van der Waals surface area contributed by atoms with E-state index in [4.69, 9.17) is 10.5 Å². The normalized spacial score (nSPS) is 16.8. The van der Waals surface area contributed by atoms with E-state index in [9.17, 15) is 9.59 Å². The van der Waals surface area contributed by atoms with Crippen molar-refractivity contribution in [1.82, 2.24) is 4.90 Å². The third-order valence-corrected chi connectivity index (χ3v) is 2.00. The Morgan fingerprint density at radius 2 is 2.15 bits per heavy atom. The van der Waals surface area contributed by atoms with Gasteiger partial charge in [0.2, 0.25) is 11.8 Å². The minimum Gasteiger partial charge on any atom is -0.374 e. The molecule has 0 unspecified atom stereocenters. The Bertz CT molecular complexity index is 211. The highest BCUT2D eigenvalue weighted by Crippen LogP contribution is 2.11. The summed E-state index contributed by atoms with van der Waals surface area (Å²) < 4.78 is 5.27. The molecule has 2 amide bonds. The van der Waals surface area contributed by atoms with Gasteiger partial charge in [0.15, 0.2) is 0 Å². The maximum atomic E-state index is 10.7. The van der Waals surface area contributed by atoms with Gasteiger partial charge in [0, 0.05) is 26.4 Å². The summed E-state index contributed by atoms with van der Waals surface area (Å²) in [5.41, 5.74) is 4.93. The fraction of sp³-hybridized carbons (Fsp3) is 0.750. The van der Waals surface area contributed by atoms with Crippen molar-refractivity contribution >= 4 is 11.8 Å². The van der Waals surface area contributed by atoms with Gasteiger partial charge < -0.3 is 15.4 Å². The van der Waals surface area contributed by atoms with E-state index in [1.54, 1.807) is 4.90 Å². The van der Waals surface area contributed by atoms with Crippen LogP contribution in [0.4, 0.5) is 0 Å². The van der Waals surface area contributed by atoms with Gasteiger partial charge in [0.05, 0.1) is 12.7 Å². The van der Waals surface area contributed by atoms with Crippen molar-refractivity contribution in [3.05, 3.63) is 0 Å². The summed E-state index contributed by atoms with van der Waals surface area (Å²) in [5, 5.41) is 0. The minimum absolute atomic E-state index is 0.0646. The molecule has 1 heterocycles. The number of hydrogen-bond acceptors (Lipinski definition) is 3. The van der Waals surface area contributed by atoms with Crippen LogP contribution in [-0.2, 0) is 14.3 Å². The molecule has 0 aromatic carbocycles. The van der Waals surface area contributed by atoms with Gasteiger partial charge in [0.1, 0.15) is 0 Å². The molecule has 1 saturated heterocycles. The zero-order valence-electron chi connectivity index (χ0n) is 7.66. The Kier molecular flexibility index (Phi) is 3.25. The van der Waals surface area contributed by atoms with Gasteiger partial charge in [-0.05, 0) is 0 Å². The molecule has 1 aliphatic heterocycles. The van der Waals surface area contributed by atoms with Crippen molar-refractivity contribution in [3.8, 4) is 0 Å². The Hall–Kier alpha value is -1.10. The van der Waals surface area contributed by atoms with Crippen molar-refractivity contribution < 1.29 is 14.3 Å². The molecule has 5 heteroatoms. The second kappa shape index (κ2) is 4.23. The van der Waals surface area contributed by atoms with Crippen LogP contribution < -0.4 is 5.73 Å². The first-order valence-electron chi connectivity index (χ1n) is 4.25. The molecule has 0 saturated carbocycles. The molecule has 0 aromatic heterocycles. The molecule has 0 spiro atoms.